The third-order valence-electron chi connectivity index (χ3n) is 4.93. The summed E-state index contributed by atoms with van der Waals surface area (Å²) in [5.74, 6) is 0.275. The maximum atomic E-state index is 12.5. The van der Waals surface area contributed by atoms with Crippen LogP contribution in [0.5, 0.6) is 0 Å². The molecule has 0 radical (unpaired) electrons. The summed E-state index contributed by atoms with van der Waals surface area (Å²) in [5.41, 5.74) is 0.189. The van der Waals surface area contributed by atoms with Crippen molar-refractivity contribution >= 4 is 5.91 Å². The molecule has 1 saturated heterocycles. The molecule has 0 bridgehead atoms. The number of carbonyl (C=O) groups excluding carboxylic acids is 1. The third kappa shape index (κ3) is 2.71. The molecular weight excluding hydrogens is 224 g/mol. The molecule has 0 atom stereocenters. The van der Waals surface area contributed by atoms with Crippen LogP contribution in [0.4, 0.5) is 0 Å². The van der Waals surface area contributed by atoms with Gasteiger partial charge in [-0.2, -0.15) is 0 Å². The molecule has 3 nitrogen and oxygen atoms in total. The van der Waals surface area contributed by atoms with E-state index in [0.717, 1.165) is 19.6 Å². The summed E-state index contributed by atoms with van der Waals surface area (Å²) in [6.45, 7) is 8.83. The molecule has 0 aromatic heterocycles. The third-order valence-corrected chi connectivity index (χ3v) is 4.93. The highest BCUT2D eigenvalue weighted by Gasteiger charge is 2.40. The lowest BCUT2D eigenvalue weighted by molar-refractivity contribution is -0.139. The lowest BCUT2D eigenvalue weighted by atomic mass is 9.77. The van der Waals surface area contributed by atoms with Crippen molar-refractivity contribution in [3.8, 4) is 0 Å². The minimum Gasteiger partial charge on any atom is -0.341 e. The molecule has 1 N–H and O–H groups in total. The Bertz CT molecular complexity index is 296. The Labute approximate surface area is 111 Å². The number of hydrogen-bond acceptors (Lipinski definition) is 2. The van der Waals surface area contributed by atoms with Gasteiger partial charge in [-0.25, -0.2) is 0 Å². The molecule has 1 heterocycles. The van der Waals surface area contributed by atoms with Crippen LogP contribution in [0, 0.1) is 5.41 Å². The minimum absolute atomic E-state index is 0.275. The number of rotatable bonds is 3. The highest BCUT2D eigenvalue weighted by atomic mass is 16.2. The normalized spacial score (nSPS) is 23.6. The number of likely N-dealkylation sites (tertiary alicyclic amines) is 1. The molecule has 0 aromatic rings. The lowest BCUT2D eigenvalue weighted by Crippen LogP contribution is -2.56. The van der Waals surface area contributed by atoms with E-state index in [9.17, 15) is 4.79 Å². The van der Waals surface area contributed by atoms with E-state index in [1.54, 1.807) is 0 Å². The number of hydrogen-bond donors (Lipinski definition) is 1. The molecule has 1 aliphatic carbocycles. The molecule has 2 aliphatic rings. The van der Waals surface area contributed by atoms with Crippen LogP contribution < -0.4 is 5.32 Å². The van der Waals surface area contributed by atoms with E-state index in [-0.39, 0.29) is 5.91 Å². The number of piperidine rings is 1. The fraction of sp³-hybridized carbons (Fsp3) is 0.933. The number of amides is 1. The molecule has 2 fully saturated rings. The zero-order valence-electron chi connectivity index (χ0n) is 12.2. The molecule has 2 rings (SSSR count). The van der Waals surface area contributed by atoms with E-state index < -0.39 is 5.54 Å². The van der Waals surface area contributed by atoms with Crippen molar-refractivity contribution in [1.82, 2.24) is 10.2 Å². The van der Waals surface area contributed by atoms with E-state index in [1.807, 2.05) is 13.8 Å². The Kier molecular flexibility index (Phi) is 4.00. The number of nitrogens with zero attached hydrogens (tertiary/aromatic N) is 1. The van der Waals surface area contributed by atoms with Gasteiger partial charge >= 0.3 is 0 Å². The SMILES string of the molecule is CCNC(C)(C)C(=O)N1CCC2(CCCC2)CC1. The Morgan fingerprint density at radius 3 is 2.22 bits per heavy atom. The second kappa shape index (κ2) is 5.20. The molecule has 1 saturated carbocycles. The van der Waals surface area contributed by atoms with E-state index in [0.29, 0.717) is 5.41 Å². The first-order chi connectivity index (χ1) is 8.49. The summed E-state index contributed by atoms with van der Waals surface area (Å²) in [5, 5.41) is 3.29. The van der Waals surface area contributed by atoms with Gasteiger partial charge in [0.25, 0.3) is 0 Å². The molecule has 1 amide bonds. The first-order valence-electron chi connectivity index (χ1n) is 7.54. The molecule has 104 valence electrons. The van der Waals surface area contributed by atoms with Gasteiger partial charge in [0, 0.05) is 13.1 Å². The first-order valence-corrected chi connectivity index (χ1v) is 7.54. The van der Waals surface area contributed by atoms with Gasteiger partial charge in [0.2, 0.25) is 5.91 Å². The smallest absolute Gasteiger partial charge is 0.242 e. The maximum absolute atomic E-state index is 12.5. The molecule has 0 aromatic carbocycles. The highest BCUT2D eigenvalue weighted by Crippen LogP contribution is 2.46. The predicted molar refractivity (Wildman–Crippen MR) is 74.5 cm³/mol. The zero-order chi connectivity index (χ0) is 13.2. The lowest BCUT2D eigenvalue weighted by Gasteiger charge is -2.42. The Balaban J connectivity index is 1.91. The van der Waals surface area contributed by atoms with Gasteiger partial charge in [-0.15, -0.1) is 0 Å². The van der Waals surface area contributed by atoms with Crippen LogP contribution in [0.25, 0.3) is 0 Å². The highest BCUT2D eigenvalue weighted by molar-refractivity contribution is 5.85. The van der Waals surface area contributed by atoms with Crippen molar-refractivity contribution in [1.29, 1.82) is 0 Å². The number of nitrogens with one attached hydrogen (secondary N) is 1. The summed E-state index contributed by atoms with van der Waals surface area (Å²) in [4.78, 5) is 14.6. The van der Waals surface area contributed by atoms with Crippen LogP contribution in [-0.4, -0.2) is 36.0 Å². The molecule has 3 heteroatoms. The summed E-state index contributed by atoms with van der Waals surface area (Å²) in [6, 6.07) is 0. The Hall–Kier alpha value is -0.570. The van der Waals surface area contributed by atoms with Crippen LogP contribution in [0.15, 0.2) is 0 Å². The largest absolute Gasteiger partial charge is 0.341 e. The van der Waals surface area contributed by atoms with Gasteiger partial charge in [0.15, 0.2) is 0 Å². The average molecular weight is 252 g/mol. The van der Waals surface area contributed by atoms with Crippen molar-refractivity contribution in [2.75, 3.05) is 19.6 Å². The van der Waals surface area contributed by atoms with E-state index in [2.05, 4.69) is 17.1 Å². The number of likely N-dealkylation sites (N-methyl/N-ethyl adjacent to an activating group) is 1. The van der Waals surface area contributed by atoms with Crippen LogP contribution in [0.2, 0.25) is 0 Å². The van der Waals surface area contributed by atoms with Crippen LogP contribution in [-0.2, 0) is 4.79 Å². The van der Waals surface area contributed by atoms with Crippen LogP contribution in [0.1, 0.15) is 59.3 Å². The summed E-state index contributed by atoms with van der Waals surface area (Å²) in [6.07, 6.45) is 8.03. The molecule has 1 spiro atoms. The van der Waals surface area contributed by atoms with Gasteiger partial charge < -0.3 is 10.2 Å². The van der Waals surface area contributed by atoms with Crippen molar-refractivity contribution in [3.05, 3.63) is 0 Å². The van der Waals surface area contributed by atoms with Gasteiger partial charge in [-0.1, -0.05) is 19.8 Å². The fourth-order valence-electron chi connectivity index (χ4n) is 3.72. The maximum Gasteiger partial charge on any atom is 0.242 e. The zero-order valence-corrected chi connectivity index (χ0v) is 12.2. The standard InChI is InChI=1S/C15H28N2O/c1-4-16-14(2,3)13(18)17-11-9-15(10-12-17)7-5-6-8-15/h16H,4-12H2,1-3H3. The predicted octanol–water partition coefficient (Wildman–Crippen LogP) is 2.56. The summed E-state index contributed by atoms with van der Waals surface area (Å²) in [7, 11) is 0. The minimum atomic E-state index is -0.408. The van der Waals surface area contributed by atoms with Gasteiger partial charge in [-0.05, 0) is 51.5 Å². The van der Waals surface area contributed by atoms with Crippen molar-refractivity contribution in [2.24, 2.45) is 5.41 Å². The molecule has 0 unspecified atom stereocenters. The van der Waals surface area contributed by atoms with Crippen molar-refractivity contribution in [2.45, 2.75) is 64.8 Å². The van der Waals surface area contributed by atoms with Crippen LogP contribution in [0.3, 0.4) is 0 Å². The van der Waals surface area contributed by atoms with Crippen LogP contribution >= 0.6 is 0 Å². The Morgan fingerprint density at radius 2 is 1.72 bits per heavy atom. The quantitative estimate of drug-likeness (QED) is 0.837. The van der Waals surface area contributed by atoms with Crippen molar-refractivity contribution in [3.63, 3.8) is 0 Å². The molecule has 18 heavy (non-hydrogen) atoms. The van der Waals surface area contributed by atoms with E-state index in [1.165, 1.54) is 38.5 Å². The number of carbonyl (C=O) groups is 1. The second-order valence-corrected chi connectivity index (χ2v) is 6.65. The van der Waals surface area contributed by atoms with Gasteiger partial charge in [-0.3, -0.25) is 4.79 Å². The van der Waals surface area contributed by atoms with E-state index >= 15 is 0 Å². The fourth-order valence-corrected chi connectivity index (χ4v) is 3.72. The molecular formula is C15H28N2O. The summed E-state index contributed by atoms with van der Waals surface area (Å²) < 4.78 is 0. The monoisotopic (exact) mass is 252 g/mol. The topological polar surface area (TPSA) is 32.3 Å². The summed E-state index contributed by atoms with van der Waals surface area (Å²) >= 11 is 0. The Morgan fingerprint density at radius 1 is 1.17 bits per heavy atom. The van der Waals surface area contributed by atoms with Gasteiger partial charge in [0.05, 0.1) is 5.54 Å². The van der Waals surface area contributed by atoms with Crippen molar-refractivity contribution < 1.29 is 4.79 Å². The van der Waals surface area contributed by atoms with Gasteiger partial charge in [0.1, 0.15) is 0 Å². The van der Waals surface area contributed by atoms with E-state index in [4.69, 9.17) is 0 Å². The average Bonchev–Trinajstić information content (AvgIpc) is 2.78. The first kappa shape index (κ1) is 13.9. The second-order valence-electron chi connectivity index (χ2n) is 6.65. The molecule has 1 aliphatic heterocycles.